The largest absolute Gasteiger partial charge is 0.377 e. The zero-order chi connectivity index (χ0) is 17.5. The maximum absolute atomic E-state index is 9.24. The summed E-state index contributed by atoms with van der Waals surface area (Å²) >= 11 is 0. The molecular weight excluding hydrogens is 314 g/mol. The van der Waals surface area contributed by atoms with Crippen molar-refractivity contribution >= 4 is 16.9 Å². The van der Waals surface area contributed by atoms with E-state index in [9.17, 15) is 5.26 Å². The van der Waals surface area contributed by atoms with Gasteiger partial charge in [0.15, 0.2) is 0 Å². The van der Waals surface area contributed by atoms with E-state index in [0.29, 0.717) is 5.57 Å². The number of H-pyrrole nitrogens is 1. The van der Waals surface area contributed by atoms with E-state index in [0.717, 1.165) is 11.4 Å². The van der Waals surface area contributed by atoms with Crippen LogP contribution in [0.15, 0.2) is 60.8 Å². The minimum Gasteiger partial charge on any atom is -0.377 e. The number of aromatic amines is 1. The average molecular weight is 331 g/mol. The Morgan fingerprint density at radius 1 is 1.12 bits per heavy atom. The first kappa shape index (κ1) is 16.2. The number of tetrazole rings is 1. The minimum absolute atomic E-state index is 0.140. The van der Waals surface area contributed by atoms with Crippen LogP contribution in [0.3, 0.4) is 0 Å². The summed E-state index contributed by atoms with van der Waals surface area (Å²) in [5.41, 5.74) is 3.26. The van der Waals surface area contributed by atoms with Crippen LogP contribution in [0.1, 0.15) is 24.4 Å². The van der Waals surface area contributed by atoms with Gasteiger partial charge in [-0.05, 0) is 29.8 Å². The van der Waals surface area contributed by atoms with Gasteiger partial charge >= 0.3 is 0 Å². The fourth-order valence-corrected chi connectivity index (χ4v) is 2.37. The second kappa shape index (κ2) is 7.75. The van der Waals surface area contributed by atoms with Crippen molar-refractivity contribution in [3.05, 3.63) is 72.2 Å². The first-order valence-corrected chi connectivity index (χ1v) is 7.79. The van der Waals surface area contributed by atoms with Crippen molar-refractivity contribution in [1.29, 1.82) is 5.26 Å². The molecule has 0 fully saturated rings. The fraction of sp³-hybridized carbons (Fsp3) is 0.111. The van der Waals surface area contributed by atoms with E-state index >= 15 is 0 Å². The van der Waals surface area contributed by atoms with Gasteiger partial charge in [0.25, 0.3) is 0 Å². The molecule has 0 aliphatic carbocycles. The maximum Gasteiger partial charge on any atom is 0.216 e. The van der Waals surface area contributed by atoms with Crippen LogP contribution in [-0.2, 0) is 0 Å². The number of anilines is 2. The van der Waals surface area contributed by atoms with Gasteiger partial charge in [0.1, 0.15) is 11.6 Å². The lowest BCUT2D eigenvalue weighted by Gasteiger charge is -2.18. The summed E-state index contributed by atoms with van der Waals surface area (Å²) in [6.45, 7) is 2.10. The zero-order valence-corrected chi connectivity index (χ0v) is 13.6. The molecule has 1 unspecified atom stereocenters. The summed E-state index contributed by atoms with van der Waals surface area (Å²) in [6, 6.07) is 20.2. The van der Waals surface area contributed by atoms with Crippen molar-refractivity contribution in [3.63, 3.8) is 0 Å². The Morgan fingerprint density at radius 3 is 2.52 bits per heavy atom. The van der Waals surface area contributed by atoms with E-state index < -0.39 is 0 Å². The van der Waals surface area contributed by atoms with Gasteiger partial charge in [-0.1, -0.05) is 42.5 Å². The first-order valence-electron chi connectivity index (χ1n) is 7.79. The topological polar surface area (TPSA) is 102 Å². The lowest BCUT2D eigenvalue weighted by Crippen LogP contribution is -2.08. The van der Waals surface area contributed by atoms with Gasteiger partial charge in [-0.25, -0.2) is 0 Å². The Bertz CT molecular complexity index is 879. The van der Waals surface area contributed by atoms with Crippen LogP contribution in [0.2, 0.25) is 0 Å². The number of hydrogen-bond donors (Lipinski definition) is 3. The highest BCUT2D eigenvalue weighted by Crippen LogP contribution is 2.26. The summed E-state index contributed by atoms with van der Waals surface area (Å²) in [5.74, 6) is 0.248. The van der Waals surface area contributed by atoms with E-state index in [2.05, 4.69) is 56.4 Å². The van der Waals surface area contributed by atoms with Crippen LogP contribution in [-0.4, -0.2) is 20.6 Å². The van der Waals surface area contributed by atoms with E-state index in [1.54, 1.807) is 6.20 Å². The molecular formula is C18H17N7. The summed E-state index contributed by atoms with van der Waals surface area (Å²) < 4.78 is 0. The molecule has 0 aliphatic heterocycles. The number of allylic oxidation sites excluding steroid dienone is 1. The predicted molar refractivity (Wildman–Crippen MR) is 96.3 cm³/mol. The fourth-order valence-electron chi connectivity index (χ4n) is 2.37. The highest BCUT2D eigenvalue weighted by Gasteiger charge is 2.09. The Kier molecular flexibility index (Phi) is 5.02. The number of benzene rings is 2. The molecule has 1 atom stereocenters. The highest BCUT2D eigenvalue weighted by molar-refractivity contribution is 5.77. The van der Waals surface area contributed by atoms with E-state index in [1.807, 2.05) is 42.5 Å². The van der Waals surface area contributed by atoms with E-state index in [-0.39, 0.29) is 11.9 Å². The third-order valence-electron chi connectivity index (χ3n) is 3.68. The van der Waals surface area contributed by atoms with Gasteiger partial charge in [0.05, 0.1) is 11.4 Å². The Hall–Kier alpha value is -3.66. The van der Waals surface area contributed by atoms with Gasteiger partial charge in [-0.2, -0.15) is 10.5 Å². The Balaban J connectivity index is 1.78. The Morgan fingerprint density at radius 2 is 1.84 bits per heavy atom. The molecule has 0 amide bonds. The van der Waals surface area contributed by atoms with E-state index in [1.165, 1.54) is 5.56 Å². The summed E-state index contributed by atoms with van der Waals surface area (Å²) in [4.78, 5) is 0. The molecule has 25 heavy (non-hydrogen) atoms. The number of para-hydroxylation sites is 2. The van der Waals surface area contributed by atoms with Crippen LogP contribution < -0.4 is 10.6 Å². The molecule has 7 nitrogen and oxygen atoms in total. The van der Waals surface area contributed by atoms with Gasteiger partial charge in [-0.15, -0.1) is 10.2 Å². The lowest BCUT2D eigenvalue weighted by molar-refractivity contribution is 0.881. The number of hydrogen-bond acceptors (Lipinski definition) is 6. The average Bonchev–Trinajstić information content (AvgIpc) is 3.19. The quantitative estimate of drug-likeness (QED) is 0.599. The third kappa shape index (κ3) is 4.00. The molecule has 0 radical (unpaired) electrons. The van der Waals surface area contributed by atoms with Crippen molar-refractivity contribution in [1.82, 2.24) is 20.6 Å². The molecule has 3 N–H and O–H groups in total. The number of nitrogens with one attached hydrogen (secondary N) is 3. The molecule has 7 heteroatoms. The van der Waals surface area contributed by atoms with Gasteiger partial charge in [0, 0.05) is 12.2 Å². The molecule has 1 aromatic heterocycles. The van der Waals surface area contributed by atoms with Crippen LogP contribution in [0, 0.1) is 11.3 Å². The van der Waals surface area contributed by atoms with Crippen molar-refractivity contribution in [2.45, 2.75) is 13.0 Å². The Labute approximate surface area is 145 Å². The number of aromatic nitrogens is 4. The second-order valence-corrected chi connectivity index (χ2v) is 5.37. The number of rotatable bonds is 6. The van der Waals surface area contributed by atoms with Crippen LogP contribution in [0.25, 0.3) is 5.57 Å². The number of nitriles is 1. The monoisotopic (exact) mass is 331 g/mol. The minimum atomic E-state index is 0.140. The summed E-state index contributed by atoms with van der Waals surface area (Å²) in [7, 11) is 0. The maximum atomic E-state index is 9.24. The zero-order valence-electron chi connectivity index (χ0n) is 13.6. The van der Waals surface area contributed by atoms with Crippen molar-refractivity contribution in [2.24, 2.45) is 0 Å². The normalized spacial score (nSPS) is 12.2. The van der Waals surface area contributed by atoms with Gasteiger partial charge in [0.2, 0.25) is 5.82 Å². The molecule has 0 aliphatic rings. The number of nitrogens with zero attached hydrogens (tertiary/aromatic N) is 4. The molecule has 0 bridgehead atoms. The highest BCUT2D eigenvalue weighted by atomic mass is 15.5. The molecule has 1 heterocycles. The summed E-state index contributed by atoms with van der Waals surface area (Å²) in [5, 5.41) is 29.3. The lowest BCUT2D eigenvalue weighted by atomic mass is 10.1. The SMILES string of the molecule is CC(Nc1ccccc1NC=C(C#N)c1nn[nH]n1)c1ccccc1. The summed E-state index contributed by atoms with van der Waals surface area (Å²) in [6.07, 6.45) is 1.57. The molecule has 0 spiro atoms. The van der Waals surface area contributed by atoms with E-state index in [4.69, 9.17) is 0 Å². The standard InChI is InChI=1S/C18H17N7/c1-13(14-7-3-2-4-8-14)21-17-10-6-5-9-16(17)20-12-15(11-19)18-22-24-25-23-18/h2-10,12-13,20-21H,1H3,(H,22,23,24,25). The van der Waals surface area contributed by atoms with Crippen molar-refractivity contribution < 1.29 is 0 Å². The van der Waals surface area contributed by atoms with Gasteiger partial charge in [-0.3, -0.25) is 0 Å². The predicted octanol–water partition coefficient (Wildman–Crippen LogP) is 3.35. The smallest absolute Gasteiger partial charge is 0.216 e. The van der Waals surface area contributed by atoms with Crippen LogP contribution >= 0.6 is 0 Å². The van der Waals surface area contributed by atoms with Crippen molar-refractivity contribution in [2.75, 3.05) is 10.6 Å². The molecule has 3 rings (SSSR count). The molecule has 3 aromatic rings. The molecule has 0 saturated carbocycles. The van der Waals surface area contributed by atoms with Crippen molar-refractivity contribution in [3.8, 4) is 6.07 Å². The molecule has 2 aromatic carbocycles. The molecule has 0 saturated heterocycles. The van der Waals surface area contributed by atoms with Crippen LogP contribution in [0.5, 0.6) is 0 Å². The third-order valence-corrected chi connectivity index (χ3v) is 3.68. The molecule has 124 valence electrons. The second-order valence-electron chi connectivity index (χ2n) is 5.37. The van der Waals surface area contributed by atoms with Gasteiger partial charge < -0.3 is 10.6 Å². The first-order chi connectivity index (χ1) is 12.3. The van der Waals surface area contributed by atoms with Crippen LogP contribution in [0.4, 0.5) is 11.4 Å².